The van der Waals surface area contributed by atoms with Crippen molar-refractivity contribution in [2.45, 2.75) is 11.8 Å². The van der Waals surface area contributed by atoms with Gasteiger partial charge in [-0.15, -0.1) is 0 Å². The van der Waals surface area contributed by atoms with E-state index >= 15 is 0 Å². The number of benzene rings is 5. The molecule has 0 saturated heterocycles. The van der Waals surface area contributed by atoms with Gasteiger partial charge in [0.15, 0.2) is 93.1 Å². The molecule has 0 radical (unpaired) electrons. The Kier molecular flexibility index (Phi) is 14.1. The molecule has 5 aromatic carbocycles. The summed E-state index contributed by atoms with van der Waals surface area (Å²) < 4.78 is 288. The van der Waals surface area contributed by atoms with Gasteiger partial charge in [0, 0.05) is 22.8 Å². The molecular formula is C52H18F20N4O4. The topological polar surface area (TPSA) is 131 Å². The number of rotatable bonds is 14. The largest absolute Gasteiger partial charge is 0.355 e. The van der Waals surface area contributed by atoms with Crippen LogP contribution in [-0.4, -0.2) is 43.1 Å². The molecule has 4 N–H and O–H groups in total. The molecule has 0 amide bonds. The Balaban J connectivity index is 1.18. The lowest BCUT2D eigenvalue weighted by atomic mass is 9.88. The van der Waals surface area contributed by atoms with Crippen LogP contribution in [0.5, 0.6) is 0 Å². The Labute approximate surface area is 429 Å². The van der Waals surface area contributed by atoms with E-state index in [4.69, 9.17) is 0 Å². The molecule has 0 aliphatic carbocycles. The second-order valence-corrected chi connectivity index (χ2v) is 16.9. The number of aromatic amines is 4. The maximum Gasteiger partial charge on any atom is 0.215 e. The van der Waals surface area contributed by atoms with Crippen LogP contribution in [0.4, 0.5) is 87.8 Å². The highest BCUT2D eigenvalue weighted by atomic mass is 19.2. The Morgan fingerprint density at radius 3 is 0.537 bits per heavy atom. The van der Waals surface area contributed by atoms with Crippen LogP contribution in [-0.2, 0) is 0 Å². The molecule has 9 rings (SSSR count). The number of carbonyl (C=O) groups is 4. The fourth-order valence-corrected chi connectivity index (χ4v) is 8.54. The number of ketones is 4. The van der Waals surface area contributed by atoms with E-state index in [1.54, 1.807) is 0 Å². The normalized spacial score (nSPS) is 11.7. The fourth-order valence-electron chi connectivity index (χ4n) is 8.54. The van der Waals surface area contributed by atoms with Crippen molar-refractivity contribution < 1.29 is 107 Å². The fraction of sp³-hybridized carbons (Fsp3) is 0.0385. The van der Waals surface area contributed by atoms with E-state index < -0.39 is 196 Å². The molecule has 0 spiro atoms. The van der Waals surface area contributed by atoms with Crippen LogP contribution in [0.15, 0.2) is 72.8 Å². The molecule has 80 heavy (non-hydrogen) atoms. The van der Waals surface area contributed by atoms with Gasteiger partial charge in [0.25, 0.3) is 0 Å². The lowest BCUT2D eigenvalue weighted by Crippen LogP contribution is -2.15. The van der Waals surface area contributed by atoms with E-state index in [9.17, 15) is 107 Å². The summed E-state index contributed by atoms with van der Waals surface area (Å²) in [7, 11) is 0. The molecular weight excluding hydrogens is 1120 g/mol. The zero-order valence-corrected chi connectivity index (χ0v) is 38.3. The highest BCUT2D eigenvalue weighted by Gasteiger charge is 2.37. The van der Waals surface area contributed by atoms with Crippen LogP contribution in [0.25, 0.3) is 0 Å². The van der Waals surface area contributed by atoms with E-state index in [1.165, 1.54) is 0 Å². The molecule has 28 heteroatoms. The Bertz CT molecular complexity index is 3520. The average Bonchev–Trinajstić information content (AvgIpc) is 4.31. The van der Waals surface area contributed by atoms with Crippen LogP contribution < -0.4 is 0 Å². The van der Waals surface area contributed by atoms with E-state index in [0.717, 1.165) is 72.8 Å². The van der Waals surface area contributed by atoms with Crippen LogP contribution in [0.1, 0.15) is 110 Å². The first-order valence-electron chi connectivity index (χ1n) is 21.8. The minimum Gasteiger partial charge on any atom is -0.355 e. The first-order valence-corrected chi connectivity index (χ1v) is 21.8. The van der Waals surface area contributed by atoms with Crippen LogP contribution in [0.2, 0.25) is 0 Å². The van der Waals surface area contributed by atoms with Crippen LogP contribution in [0.3, 0.4) is 0 Å². The minimum atomic E-state index is -2.62. The van der Waals surface area contributed by atoms with E-state index in [2.05, 4.69) is 19.9 Å². The van der Waals surface area contributed by atoms with Gasteiger partial charge in [-0.3, -0.25) is 19.2 Å². The summed E-state index contributed by atoms with van der Waals surface area (Å²) in [4.78, 5) is 63.2. The third-order valence-electron chi connectivity index (χ3n) is 12.4. The number of hydrogen-bond donors (Lipinski definition) is 4. The highest BCUT2D eigenvalue weighted by molar-refractivity contribution is 6.10. The molecule has 0 aliphatic rings. The lowest BCUT2D eigenvalue weighted by Gasteiger charge is -2.19. The first kappa shape index (κ1) is 55.3. The van der Waals surface area contributed by atoms with Gasteiger partial charge < -0.3 is 19.9 Å². The number of hydrogen-bond acceptors (Lipinski definition) is 4. The molecule has 0 aliphatic heterocycles. The van der Waals surface area contributed by atoms with Gasteiger partial charge in [-0.1, -0.05) is 24.3 Å². The summed E-state index contributed by atoms with van der Waals surface area (Å²) in [6.07, 6.45) is 0. The van der Waals surface area contributed by atoms with Crippen molar-refractivity contribution in [1.29, 1.82) is 0 Å². The van der Waals surface area contributed by atoms with Gasteiger partial charge in [0.1, 0.15) is 22.3 Å². The predicted molar refractivity (Wildman–Crippen MR) is 230 cm³/mol. The summed E-state index contributed by atoms with van der Waals surface area (Å²) in [5, 5.41) is 0. The maximum atomic E-state index is 14.8. The van der Waals surface area contributed by atoms with Crippen molar-refractivity contribution in [2.24, 2.45) is 0 Å². The Hall–Kier alpha value is -9.50. The minimum absolute atomic E-state index is 0.0935. The average molecular weight is 1140 g/mol. The second kappa shape index (κ2) is 20.4. The SMILES string of the molecule is O=C(c1ccc(C(c2ccc(C(c3ccc(C(=O)c4c(F)c(F)c(F)c(F)c4F)[nH]3)c3ccc(C(=O)c4c(F)c(F)c(F)c(F)c4F)[nH]3)cc2)c2ccc(C(=O)c3c(F)c(F)c(F)c(F)c3F)[nH]2)[nH]1)c1c(F)c(F)c(F)c(F)c1F. The van der Waals surface area contributed by atoms with Crippen LogP contribution in [0, 0.1) is 116 Å². The Morgan fingerprint density at radius 1 is 0.225 bits per heavy atom. The van der Waals surface area contributed by atoms with Crippen molar-refractivity contribution in [3.63, 3.8) is 0 Å². The third kappa shape index (κ3) is 8.78. The van der Waals surface area contributed by atoms with E-state index in [0.29, 0.717) is 0 Å². The predicted octanol–water partition coefficient (Wildman–Crippen LogP) is 13.1. The quantitative estimate of drug-likeness (QED) is 0.0374. The van der Waals surface area contributed by atoms with Gasteiger partial charge in [-0.2, -0.15) is 0 Å². The van der Waals surface area contributed by atoms with Crippen LogP contribution >= 0.6 is 0 Å². The van der Waals surface area contributed by atoms with Crippen molar-refractivity contribution in [1.82, 2.24) is 19.9 Å². The molecule has 4 aromatic heterocycles. The zero-order chi connectivity index (χ0) is 58.4. The van der Waals surface area contributed by atoms with Gasteiger partial charge in [0.05, 0.1) is 34.6 Å². The molecule has 4 heterocycles. The number of aromatic nitrogens is 4. The van der Waals surface area contributed by atoms with Gasteiger partial charge in [0.2, 0.25) is 46.4 Å². The highest BCUT2D eigenvalue weighted by Crippen LogP contribution is 2.38. The van der Waals surface area contributed by atoms with Crippen molar-refractivity contribution in [3.05, 3.63) is 268 Å². The molecule has 0 atom stereocenters. The standard InChI is InChI=1S/C52H18F20N4O4/c53-29-25(30(54)38(62)45(69)37(29)61)49(77)19-9-5-15(73-19)23(16-6-10-20(74-16)50(78)26-31(55)39(63)46(70)40(64)32(26)56)13-1-2-14(4-3-13)24(17-7-11-21(75-17)51(79)27-33(57)41(65)47(71)42(66)34(27)58)18-8-12-22(76-18)52(80)28-35(59)43(67)48(72)44(68)36(28)60/h1-12,23-24,73-76H. The molecule has 410 valence electrons. The summed E-state index contributed by atoms with van der Waals surface area (Å²) in [5.74, 6) is -61.6. The lowest BCUT2D eigenvalue weighted by molar-refractivity contribution is 0.101. The molecule has 0 unspecified atom stereocenters. The summed E-state index contributed by atoms with van der Waals surface area (Å²) in [6, 6.07) is 11.5. The van der Waals surface area contributed by atoms with Crippen molar-refractivity contribution >= 4 is 23.1 Å². The van der Waals surface area contributed by atoms with E-state index in [-0.39, 0.29) is 33.9 Å². The maximum absolute atomic E-state index is 14.8. The van der Waals surface area contributed by atoms with Gasteiger partial charge in [-0.25, -0.2) is 87.8 Å². The molecule has 0 saturated carbocycles. The van der Waals surface area contributed by atoms with Crippen molar-refractivity contribution in [2.75, 3.05) is 0 Å². The van der Waals surface area contributed by atoms with Gasteiger partial charge in [-0.05, 0) is 59.7 Å². The van der Waals surface area contributed by atoms with Gasteiger partial charge >= 0.3 is 0 Å². The summed E-state index contributed by atoms with van der Waals surface area (Å²) in [5.41, 5.74) is -12.8. The first-order chi connectivity index (χ1) is 37.7. The van der Waals surface area contributed by atoms with Crippen molar-refractivity contribution in [3.8, 4) is 0 Å². The number of nitrogens with one attached hydrogen (secondary N) is 4. The summed E-state index contributed by atoms with van der Waals surface area (Å²) >= 11 is 0. The number of H-pyrrole nitrogens is 4. The second-order valence-electron chi connectivity index (χ2n) is 16.9. The zero-order valence-electron chi connectivity index (χ0n) is 38.3. The number of carbonyl (C=O) groups excluding carboxylic acids is 4. The molecule has 8 nitrogen and oxygen atoms in total. The van der Waals surface area contributed by atoms with E-state index in [1.807, 2.05) is 0 Å². The summed E-state index contributed by atoms with van der Waals surface area (Å²) in [6.45, 7) is 0. The number of halogens is 20. The monoisotopic (exact) mass is 1140 g/mol. The third-order valence-corrected chi connectivity index (χ3v) is 12.4. The smallest absolute Gasteiger partial charge is 0.215 e. The Morgan fingerprint density at radius 2 is 0.375 bits per heavy atom. The molecule has 0 bridgehead atoms. The molecule has 9 aromatic rings. The molecule has 0 fully saturated rings.